The predicted molar refractivity (Wildman–Crippen MR) is 58.2 cm³/mol. The van der Waals surface area contributed by atoms with Crippen LogP contribution < -0.4 is 4.74 Å². The van der Waals surface area contributed by atoms with Gasteiger partial charge >= 0.3 is 5.97 Å². The molecule has 0 radical (unpaired) electrons. The lowest BCUT2D eigenvalue weighted by Crippen LogP contribution is -1.96. The van der Waals surface area contributed by atoms with E-state index < -0.39 is 5.97 Å². The van der Waals surface area contributed by atoms with Crippen molar-refractivity contribution in [3.63, 3.8) is 0 Å². The fraction of sp³-hybridized carbons (Fsp3) is 0.111. The molecular formula is C9H9NO5S. The Hall–Kier alpha value is -1.73. The second kappa shape index (κ2) is 6.70. The first-order valence-corrected chi connectivity index (χ1v) is 5.27. The van der Waals surface area contributed by atoms with E-state index in [1.165, 1.54) is 24.3 Å². The molecule has 0 amide bonds. The zero-order valence-corrected chi connectivity index (χ0v) is 9.14. The Balaban J connectivity index is 2.43. The maximum atomic E-state index is 10.5. The second-order valence-electron chi connectivity index (χ2n) is 2.47. The zero-order chi connectivity index (χ0) is 11.8. The van der Waals surface area contributed by atoms with Crippen molar-refractivity contribution >= 4 is 24.4 Å². The molecule has 16 heavy (non-hydrogen) atoms. The van der Waals surface area contributed by atoms with Crippen LogP contribution in [-0.2, 0) is 9.32 Å². The Morgan fingerprint density at radius 2 is 2.12 bits per heavy atom. The van der Waals surface area contributed by atoms with Gasteiger partial charge in [-0.2, -0.15) is 0 Å². The lowest BCUT2D eigenvalue weighted by molar-refractivity contribution is -0.190. The summed E-state index contributed by atoms with van der Waals surface area (Å²) in [5.74, 6) is -0.543. The van der Waals surface area contributed by atoms with Crippen LogP contribution >= 0.6 is 12.0 Å². The van der Waals surface area contributed by atoms with Crippen molar-refractivity contribution in [1.82, 2.24) is 0 Å². The highest BCUT2D eigenvalue weighted by atomic mass is 32.2. The van der Waals surface area contributed by atoms with Crippen molar-refractivity contribution in [3.8, 4) is 5.75 Å². The van der Waals surface area contributed by atoms with E-state index >= 15 is 0 Å². The van der Waals surface area contributed by atoms with Gasteiger partial charge in [-0.25, -0.2) is 9.78 Å². The van der Waals surface area contributed by atoms with Gasteiger partial charge in [-0.1, -0.05) is 4.33 Å². The number of rotatable bonds is 6. The highest BCUT2D eigenvalue weighted by molar-refractivity contribution is 7.93. The van der Waals surface area contributed by atoms with E-state index in [-0.39, 0.29) is 5.56 Å². The third kappa shape index (κ3) is 4.20. The first-order chi connectivity index (χ1) is 7.74. The van der Waals surface area contributed by atoms with E-state index in [1.807, 2.05) is 0 Å². The molecule has 0 atom stereocenters. The van der Waals surface area contributed by atoms with Crippen LogP contribution in [0.4, 0.5) is 0 Å². The number of benzene rings is 1. The first kappa shape index (κ1) is 12.3. The molecule has 0 aliphatic heterocycles. The van der Waals surface area contributed by atoms with Crippen LogP contribution in [0.25, 0.3) is 0 Å². The van der Waals surface area contributed by atoms with Gasteiger partial charge in [0.05, 0.1) is 5.56 Å². The van der Waals surface area contributed by atoms with Gasteiger partial charge in [0.2, 0.25) is 6.40 Å². The number of carboxylic acid groups (broad SMARTS) is 1. The molecule has 0 aromatic heterocycles. The summed E-state index contributed by atoms with van der Waals surface area (Å²) in [5.41, 5.74) is 0.186. The summed E-state index contributed by atoms with van der Waals surface area (Å²) in [5, 5.41) is 12.0. The Morgan fingerprint density at radius 1 is 1.44 bits per heavy atom. The van der Waals surface area contributed by atoms with Gasteiger partial charge in [0, 0.05) is 18.3 Å². The number of carbonyl (C=O) groups is 1. The maximum Gasteiger partial charge on any atom is 0.335 e. The van der Waals surface area contributed by atoms with E-state index in [0.717, 1.165) is 18.4 Å². The summed E-state index contributed by atoms with van der Waals surface area (Å²) in [6, 6.07) is 5.85. The third-order valence-corrected chi connectivity index (χ3v) is 1.67. The van der Waals surface area contributed by atoms with Crippen molar-refractivity contribution in [3.05, 3.63) is 29.8 Å². The van der Waals surface area contributed by atoms with Crippen LogP contribution in [-0.4, -0.2) is 23.7 Å². The van der Waals surface area contributed by atoms with E-state index in [9.17, 15) is 4.79 Å². The molecule has 0 spiro atoms. The average Bonchev–Trinajstić information content (AvgIpc) is 2.29. The van der Waals surface area contributed by atoms with Crippen LogP contribution in [0.15, 0.2) is 29.4 Å². The highest BCUT2D eigenvalue weighted by Crippen LogP contribution is 2.11. The van der Waals surface area contributed by atoms with Crippen molar-refractivity contribution in [1.29, 1.82) is 0 Å². The first-order valence-electron chi connectivity index (χ1n) is 4.12. The highest BCUT2D eigenvalue weighted by Gasteiger charge is 2.01. The lowest BCUT2D eigenvalue weighted by atomic mass is 10.2. The van der Waals surface area contributed by atoms with E-state index in [1.54, 1.807) is 6.26 Å². The van der Waals surface area contributed by atoms with E-state index in [4.69, 9.17) is 9.84 Å². The van der Waals surface area contributed by atoms with E-state index in [0.29, 0.717) is 5.75 Å². The molecule has 6 nitrogen and oxygen atoms in total. The number of nitrogens with zero attached hydrogens (tertiary/aromatic N) is 1. The SMILES string of the molecule is CSOON=COc1ccc(C(=O)O)cc1. The standard InChI is InChI=1S/C9H9NO5S/c1-16-15-14-10-6-13-8-4-2-7(3-5-8)9(11)12/h2-6H,1H3,(H,11,12). The molecule has 1 aromatic carbocycles. The number of aromatic carboxylic acids is 1. The van der Waals surface area contributed by atoms with Crippen LogP contribution in [0.3, 0.4) is 0 Å². The molecule has 0 fully saturated rings. The molecule has 1 rings (SSSR count). The molecule has 7 heteroatoms. The molecule has 0 saturated carbocycles. The van der Waals surface area contributed by atoms with Crippen LogP contribution in [0.5, 0.6) is 5.75 Å². The minimum atomic E-state index is -0.989. The summed E-state index contributed by atoms with van der Waals surface area (Å²) in [6.45, 7) is 0. The molecule has 0 aliphatic rings. The van der Waals surface area contributed by atoms with Crippen molar-refractivity contribution in [2.75, 3.05) is 6.26 Å². The van der Waals surface area contributed by atoms with Gasteiger partial charge < -0.3 is 9.84 Å². The number of hydrogen-bond acceptors (Lipinski definition) is 6. The summed E-state index contributed by atoms with van der Waals surface area (Å²) in [4.78, 5) is 14.8. The fourth-order valence-electron chi connectivity index (χ4n) is 0.824. The minimum Gasteiger partial charge on any atom is -0.478 e. The number of carboxylic acids is 1. The quantitative estimate of drug-likeness (QED) is 0.205. The monoisotopic (exact) mass is 243 g/mol. The van der Waals surface area contributed by atoms with Crippen molar-refractivity contribution in [2.45, 2.75) is 0 Å². The minimum absolute atomic E-state index is 0.186. The normalized spacial score (nSPS) is 10.3. The van der Waals surface area contributed by atoms with Crippen molar-refractivity contribution in [2.24, 2.45) is 5.16 Å². The van der Waals surface area contributed by atoms with Gasteiger partial charge in [-0.3, -0.25) is 0 Å². The van der Waals surface area contributed by atoms with Crippen molar-refractivity contribution < 1.29 is 24.0 Å². The van der Waals surface area contributed by atoms with Gasteiger partial charge in [0.25, 0.3) is 0 Å². The number of ether oxygens (including phenoxy) is 1. The largest absolute Gasteiger partial charge is 0.478 e. The number of hydrogen-bond donors (Lipinski definition) is 1. The Kier molecular flexibility index (Phi) is 5.17. The molecule has 0 aliphatic carbocycles. The van der Waals surface area contributed by atoms with Crippen LogP contribution in [0, 0.1) is 0 Å². The summed E-state index contributed by atoms with van der Waals surface area (Å²) in [6.07, 6.45) is 2.70. The Bertz CT molecular complexity index is 365. The molecule has 0 unspecified atom stereocenters. The summed E-state index contributed by atoms with van der Waals surface area (Å²) >= 11 is 0.996. The predicted octanol–water partition coefficient (Wildman–Crippen LogP) is 1.93. The van der Waals surface area contributed by atoms with E-state index in [2.05, 4.69) is 14.5 Å². The molecule has 0 saturated heterocycles. The number of oxime groups is 1. The topological polar surface area (TPSA) is 77.3 Å². The Morgan fingerprint density at radius 3 is 2.69 bits per heavy atom. The second-order valence-corrected chi connectivity index (χ2v) is 2.94. The zero-order valence-electron chi connectivity index (χ0n) is 8.32. The van der Waals surface area contributed by atoms with Gasteiger partial charge in [-0.15, -0.1) is 0 Å². The molecule has 0 heterocycles. The molecule has 1 N–H and O–H groups in total. The molecule has 1 aromatic rings. The third-order valence-electron chi connectivity index (χ3n) is 1.47. The molecule has 86 valence electrons. The van der Waals surface area contributed by atoms with Crippen LogP contribution in [0.2, 0.25) is 0 Å². The average molecular weight is 243 g/mol. The van der Waals surface area contributed by atoms with Gasteiger partial charge in [0.15, 0.2) is 0 Å². The lowest BCUT2D eigenvalue weighted by Gasteiger charge is -1.99. The van der Waals surface area contributed by atoms with Crippen LogP contribution in [0.1, 0.15) is 10.4 Å². The fourth-order valence-corrected chi connectivity index (χ4v) is 0.920. The van der Waals surface area contributed by atoms with Gasteiger partial charge in [0.1, 0.15) is 5.75 Å². The molecule has 0 bridgehead atoms. The van der Waals surface area contributed by atoms with Gasteiger partial charge in [-0.05, 0) is 29.4 Å². The Labute approximate surface area is 95.9 Å². The summed E-state index contributed by atoms with van der Waals surface area (Å²) < 4.78 is 9.37. The smallest absolute Gasteiger partial charge is 0.335 e. The summed E-state index contributed by atoms with van der Waals surface area (Å²) in [7, 11) is 0. The molecular weight excluding hydrogens is 234 g/mol. The maximum absolute atomic E-state index is 10.5.